The molecule has 3 nitrogen and oxygen atoms in total. The van der Waals surface area contributed by atoms with Gasteiger partial charge < -0.3 is 10.4 Å². The lowest BCUT2D eigenvalue weighted by atomic mass is 9.81. The summed E-state index contributed by atoms with van der Waals surface area (Å²) in [7, 11) is 0. The van der Waals surface area contributed by atoms with Crippen molar-refractivity contribution in [2.75, 3.05) is 0 Å². The molecule has 0 bridgehead atoms. The van der Waals surface area contributed by atoms with Gasteiger partial charge in [-0.15, -0.1) is 0 Å². The molecule has 0 aliphatic carbocycles. The maximum atomic E-state index is 12.2. The second kappa shape index (κ2) is 5.24. The first-order chi connectivity index (χ1) is 8.52. The first-order valence-electron chi connectivity index (χ1n) is 6.63. The number of carbonyl (C=O) groups excluding carboxylic acids is 1. The lowest BCUT2D eigenvalue weighted by Crippen LogP contribution is -2.45. The van der Waals surface area contributed by atoms with Crippen molar-refractivity contribution in [3.63, 3.8) is 0 Å². The Kier molecular flexibility index (Phi) is 4.28. The average Bonchev–Trinajstić information content (AvgIpc) is 2.17. The smallest absolute Gasteiger partial charge is 0.255 e. The van der Waals surface area contributed by atoms with Crippen LogP contribution in [0.15, 0.2) is 18.2 Å². The minimum absolute atomic E-state index is 0.0616. The number of carbonyl (C=O) groups is 1. The summed E-state index contributed by atoms with van der Waals surface area (Å²) >= 11 is 0. The number of phenolic OH excluding ortho intramolecular Hbond substituents is 1. The molecule has 0 aliphatic heterocycles. The number of rotatable bonds is 3. The van der Waals surface area contributed by atoms with Crippen molar-refractivity contribution in [3.05, 3.63) is 29.3 Å². The fraction of sp³-hybridized carbons (Fsp3) is 0.562. The van der Waals surface area contributed by atoms with Gasteiger partial charge in [-0.3, -0.25) is 4.79 Å². The molecule has 106 valence electrons. The SMILES string of the molecule is Cc1cccc(C(=O)NC(C)(C)CC(C)(C)C)c1O. The molecule has 1 rings (SSSR count). The molecule has 0 saturated carbocycles. The Balaban J connectivity index is 2.88. The summed E-state index contributed by atoms with van der Waals surface area (Å²) < 4.78 is 0. The van der Waals surface area contributed by atoms with Crippen LogP contribution in [-0.4, -0.2) is 16.6 Å². The summed E-state index contributed by atoms with van der Waals surface area (Å²) in [5.74, 6) is -0.165. The van der Waals surface area contributed by atoms with E-state index in [2.05, 4.69) is 26.1 Å². The monoisotopic (exact) mass is 263 g/mol. The van der Waals surface area contributed by atoms with Crippen LogP contribution in [0, 0.1) is 12.3 Å². The molecule has 0 aliphatic rings. The van der Waals surface area contributed by atoms with E-state index < -0.39 is 0 Å². The molecular formula is C16H25NO2. The highest BCUT2D eigenvalue weighted by Crippen LogP contribution is 2.28. The topological polar surface area (TPSA) is 49.3 Å². The molecule has 1 aromatic carbocycles. The molecule has 1 aromatic rings. The van der Waals surface area contributed by atoms with Gasteiger partial charge in [-0.2, -0.15) is 0 Å². The molecule has 0 radical (unpaired) electrons. The van der Waals surface area contributed by atoms with Gasteiger partial charge in [0, 0.05) is 5.54 Å². The number of hydrogen-bond acceptors (Lipinski definition) is 2. The van der Waals surface area contributed by atoms with Crippen LogP contribution in [0.25, 0.3) is 0 Å². The van der Waals surface area contributed by atoms with Gasteiger partial charge in [-0.05, 0) is 44.2 Å². The predicted octanol–water partition coefficient (Wildman–Crippen LogP) is 3.65. The molecule has 0 atom stereocenters. The van der Waals surface area contributed by atoms with Crippen molar-refractivity contribution in [1.82, 2.24) is 5.32 Å². The Morgan fingerprint density at radius 3 is 2.32 bits per heavy atom. The van der Waals surface area contributed by atoms with Crippen LogP contribution in [0.3, 0.4) is 0 Å². The molecule has 0 spiro atoms. The zero-order valence-corrected chi connectivity index (χ0v) is 12.8. The van der Waals surface area contributed by atoms with Gasteiger partial charge in [0.05, 0.1) is 5.56 Å². The van der Waals surface area contributed by atoms with Gasteiger partial charge >= 0.3 is 0 Å². The van der Waals surface area contributed by atoms with Gasteiger partial charge in [0.1, 0.15) is 5.75 Å². The molecule has 0 heterocycles. The molecule has 0 fully saturated rings. The lowest BCUT2D eigenvalue weighted by Gasteiger charge is -2.33. The van der Waals surface area contributed by atoms with E-state index in [1.54, 1.807) is 25.1 Å². The van der Waals surface area contributed by atoms with Crippen molar-refractivity contribution >= 4 is 5.91 Å². The predicted molar refractivity (Wildman–Crippen MR) is 78.5 cm³/mol. The number of benzene rings is 1. The van der Waals surface area contributed by atoms with E-state index in [1.807, 2.05) is 13.8 Å². The second-order valence-corrected chi connectivity index (χ2v) is 7.05. The van der Waals surface area contributed by atoms with E-state index >= 15 is 0 Å². The average molecular weight is 263 g/mol. The number of para-hydroxylation sites is 1. The fourth-order valence-electron chi connectivity index (χ4n) is 2.59. The minimum atomic E-state index is -0.314. The number of aryl methyl sites for hydroxylation is 1. The number of aromatic hydroxyl groups is 1. The molecule has 1 amide bonds. The van der Waals surface area contributed by atoms with Crippen LogP contribution in [0.4, 0.5) is 0 Å². The second-order valence-electron chi connectivity index (χ2n) is 7.05. The van der Waals surface area contributed by atoms with Crippen molar-refractivity contribution in [2.24, 2.45) is 5.41 Å². The van der Waals surface area contributed by atoms with Crippen molar-refractivity contribution in [2.45, 2.75) is 53.5 Å². The Labute approximate surface area is 116 Å². The first kappa shape index (κ1) is 15.5. The Hall–Kier alpha value is -1.51. The third-order valence-electron chi connectivity index (χ3n) is 2.91. The zero-order chi connectivity index (χ0) is 14.8. The Bertz CT molecular complexity index is 470. The summed E-state index contributed by atoms with van der Waals surface area (Å²) in [5.41, 5.74) is 0.861. The molecule has 2 N–H and O–H groups in total. The van der Waals surface area contributed by atoms with Gasteiger partial charge in [0.25, 0.3) is 5.91 Å². The van der Waals surface area contributed by atoms with Crippen molar-refractivity contribution in [3.8, 4) is 5.75 Å². The van der Waals surface area contributed by atoms with E-state index in [0.29, 0.717) is 11.1 Å². The van der Waals surface area contributed by atoms with E-state index in [-0.39, 0.29) is 22.6 Å². The lowest BCUT2D eigenvalue weighted by molar-refractivity contribution is 0.0888. The summed E-state index contributed by atoms with van der Waals surface area (Å²) in [5, 5.41) is 12.9. The molecular weight excluding hydrogens is 238 g/mol. The standard InChI is InChI=1S/C16H25NO2/c1-11-8-7-9-12(13(11)18)14(19)17-16(5,6)10-15(2,3)4/h7-9,18H,10H2,1-6H3,(H,17,19). The van der Waals surface area contributed by atoms with Crippen LogP contribution in [0.2, 0.25) is 0 Å². The van der Waals surface area contributed by atoms with Crippen molar-refractivity contribution < 1.29 is 9.90 Å². The highest BCUT2D eigenvalue weighted by molar-refractivity contribution is 5.97. The maximum absolute atomic E-state index is 12.2. The molecule has 0 saturated heterocycles. The summed E-state index contributed by atoms with van der Waals surface area (Å²) in [6, 6.07) is 5.21. The van der Waals surface area contributed by atoms with Crippen molar-refractivity contribution in [1.29, 1.82) is 0 Å². The largest absolute Gasteiger partial charge is 0.507 e. The molecule has 19 heavy (non-hydrogen) atoms. The minimum Gasteiger partial charge on any atom is -0.507 e. The van der Waals surface area contributed by atoms with Gasteiger partial charge in [-0.25, -0.2) is 0 Å². The third kappa shape index (κ3) is 4.58. The van der Waals surface area contributed by atoms with Gasteiger partial charge in [0.2, 0.25) is 0 Å². The normalized spacial score (nSPS) is 12.3. The molecule has 0 aromatic heterocycles. The number of hydrogen-bond donors (Lipinski definition) is 2. The molecule has 3 heteroatoms. The van der Waals surface area contributed by atoms with Gasteiger partial charge in [0.15, 0.2) is 0 Å². The quantitative estimate of drug-likeness (QED) is 0.874. The van der Waals surface area contributed by atoms with E-state index in [4.69, 9.17) is 0 Å². The van der Waals surface area contributed by atoms with Gasteiger partial charge in [-0.1, -0.05) is 32.9 Å². The highest BCUT2D eigenvalue weighted by atomic mass is 16.3. The number of phenols is 1. The Morgan fingerprint density at radius 1 is 1.21 bits per heavy atom. The number of amides is 1. The summed E-state index contributed by atoms with van der Waals surface area (Å²) in [6.07, 6.45) is 0.859. The highest BCUT2D eigenvalue weighted by Gasteiger charge is 2.28. The van der Waals surface area contributed by atoms with Crippen LogP contribution < -0.4 is 5.32 Å². The van der Waals surface area contributed by atoms with E-state index in [1.165, 1.54) is 0 Å². The fourth-order valence-corrected chi connectivity index (χ4v) is 2.59. The van der Waals surface area contributed by atoms with Crippen LogP contribution in [0.1, 0.15) is 57.0 Å². The van der Waals surface area contributed by atoms with E-state index in [0.717, 1.165) is 6.42 Å². The molecule has 0 unspecified atom stereocenters. The van der Waals surface area contributed by atoms with Crippen LogP contribution in [0.5, 0.6) is 5.75 Å². The summed E-state index contributed by atoms with van der Waals surface area (Å²) in [6.45, 7) is 12.2. The van der Waals surface area contributed by atoms with Crippen LogP contribution in [-0.2, 0) is 0 Å². The zero-order valence-electron chi connectivity index (χ0n) is 12.8. The maximum Gasteiger partial charge on any atom is 0.255 e. The summed E-state index contributed by atoms with van der Waals surface area (Å²) in [4.78, 5) is 12.2. The first-order valence-corrected chi connectivity index (χ1v) is 6.63. The van der Waals surface area contributed by atoms with E-state index in [9.17, 15) is 9.90 Å². The Morgan fingerprint density at radius 2 is 1.79 bits per heavy atom. The third-order valence-corrected chi connectivity index (χ3v) is 2.91. The number of nitrogens with one attached hydrogen (secondary N) is 1. The van der Waals surface area contributed by atoms with Crippen LogP contribution >= 0.6 is 0 Å².